The van der Waals surface area contributed by atoms with E-state index in [4.69, 9.17) is 9.52 Å². The van der Waals surface area contributed by atoms with Gasteiger partial charge in [-0.2, -0.15) is 0 Å². The van der Waals surface area contributed by atoms with E-state index >= 15 is 0 Å². The summed E-state index contributed by atoms with van der Waals surface area (Å²) in [6, 6.07) is 4.04. The third-order valence-corrected chi connectivity index (χ3v) is 3.04. The molecule has 1 aromatic carbocycles. The van der Waals surface area contributed by atoms with Crippen LogP contribution in [0.4, 0.5) is 4.39 Å². The number of carbonyl (C=O) groups excluding carboxylic acids is 1. The first-order valence-electron chi connectivity index (χ1n) is 5.84. The molecule has 1 atom stereocenters. The minimum atomic E-state index is -0.503. The van der Waals surface area contributed by atoms with E-state index in [1.807, 2.05) is 0 Å². The number of benzene rings is 1. The summed E-state index contributed by atoms with van der Waals surface area (Å²) in [6.45, 7) is 1.46. The largest absolute Gasteiger partial charge is 0.444 e. The standard InChI is InChI=1S/C13H12BrFN2O3/c1-7(5-18)16-12(19)11-6-20-13(17-11)9-3-2-8(14)4-10(9)15/h2-4,6-7,18H,5H2,1H3,(H,16,19). The van der Waals surface area contributed by atoms with Crippen molar-refractivity contribution in [3.63, 3.8) is 0 Å². The number of oxazole rings is 1. The fourth-order valence-corrected chi connectivity index (χ4v) is 1.84. The average molecular weight is 343 g/mol. The van der Waals surface area contributed by atoms with Gasteiger partial charge in [-0.3, -0.25) is 4.79 Å². The van der Waals surface area contributed by atoms with Crippen LogP contribution in [0.25, 0.3) is 11.5 Å². The highest BCUT2D eigenvalue weighted by molar-refractivity contribution is 9.10. The number of amides is 1. The Bertz CT molecular complexity index is 630. The average Bonchev–Trinajstić information content (AvgIpc) is 2.88. The Morgan fingerprint density at radius 3 is 3.00 bits per heavy atom. The molecule has 5 nitrogen and oxygen atoms in total. The van der Waals surface area contributed by atoms with Crippen LogP contribution in [0.2, 0.25) is 0 Å². The van der Waals surface area contributed by atoms with Crippen LogP contribution in [0.15, 0.2) is 33.4 Å². The molecule has 0 saturated carbocycles. The van der Waals surface area contributed by atoms with Gasteiger partial charge in [0, 0.05) is 10.5 Å². The molecule has 0 aliphatic heterocycles. The molecule has 0 fully saturated rings. The minimum absolute atomic E-state index is 0.0248. The van der Waals surface area contributed by atoms with Crippen LogP contribution in [-0.2, 0) is 0 Å². The van der Waals surface area contributed by atoms with Crippen LogP contribution in [-0.4, -0.2) is 28.6 Å². The van der Waals surface area contributed by atoms with Crippen molar-refractivity contribution in [2.24, 2.45) is 0 Å². The first-order valence-corrected chi connectivity index (χ1v) is 6.63. The maximum absolute atomic E-state index is 13.7. The van der Waals surface area contributed by atoms with E-state index in [9.17, 15) is 9.18 Å². The van der Waals surface area contributed by atoms with Crippen LogP contribution in [0, 0.1) is 5.82 Å². The lowest BCUT2D eigenvalue weighted by Crippen LogP contribution is -2.35. The molecule has 0 radical (unpaired) electrons. The molecule has 7 heteroatoms. The second-order valence-corrected chi connectivity index (χ2v) is 5.13. The molecular weight excluding hydrogens is 331 g/mol. The molecule has 20 heavy (non-hydrogen) atoms. The zero-order valence-corrected chi connectivity index (χ0v) is 12.1. The van der Waals surface area contributed by atoms with E-state index in [0.717, 1.165) is 6.26 Å². The summed E-state index contributed by atoms with van der Waals surface area (Å²) >= 11 is 3.15. The normalized spacial score (nSPS) is 12.2. The smallest absolute Gasteiger partial charge is 0.273 e. The highest BCUT2D eigenvalue weighted by Crippen LogP contribution is 2.24. The van der Waals surface area contributed by atoms with Crippen LogP contribution in [0.3, 0.4) is 0 Å². The number of aromatic nitrogens is 1. The lowest BCUT2D eigenvalue weighted by molar-refractivity contribution is 0.0917. The Balaban J connectivity index is 2.22. The first-order chi connectivity index (χ1) is 9.51. The van der Waals surface area contributed by atoms with Crippen molar-refractivity contribution in [1.82, 2.24) is 10.3 Å². The van der Waals surface area contributed by atoms with Crippen molar-refractivity contribution in [2.75, 3.05) is 6.61 Å². The number of nitrogens with one attached hydrogen (secondary N) is 1. The summed E-state index contributed by atoms with van der Waals surface area (Å²) in [5.41, 5.74) is 0.199. The maximum atomic E-state index is 13.7. The Hall–Kier alpha value is -1.73. The molecule has 0 bridgehead atoms. The minimum Gasteiger partial charge on any atom is -0.444 e. The molecule has 1 amide bonds. The van der Waals surface area contributed by atoms with Gasteiger partial charge in [0.1, 0.15) is 12.1 Å². The summed E-state index contributed by atoms with van der Waals surface area (Å²) in [4.78, 5) is 15.7. The Labute approximate surface area is 123 Å². The Kier molecular flexibility index (Phi) is 4.51. The summed E-state index contributed by atoms with van der Waals surface area (Å²) < 4.78 is 19.5. The molecule has 0 spiro atoms. The molecular formula is C13H12BrFN2O3. The SMILES string of the molecule is CC(CO)NC(=O)c1coc(-c2ccc(Br)cc2F)n1. The number of hydrogen-bond acceptors (Lipinski definition) is 4. The molecule has 0 aliphatic carbocycles. The van der Waals surface area contributed by atoms with Crippen molar-refractivity contribution in [2.45, 2.75) is 13.0 Å². The zero-order chi connectivity index (χ0) is 14.7. The van der Waals surface area contributed by atoms with Gasteiger partial charge >= 0.3 is 0 Å². The van der Waals surface area contributed by atoms with E-state index in [1.54, 1.807) is 13.0 Å². The fourth-order valence-electron chi connectivity index (χ4n) is 1.51. The molecule has 1 aromatic heterocycles. The van der Waals surface area contributed by atoms with E-state index in [1.165, 1.54) is 12.1 Å². The highest BCUT2D eigenvalue weighted by Gasteiger charge is 2.17. The number of nitrogens with zero attached hydrogens (tertiary/aromatic N) is 1. The van der Waals surface area contributed by atoms with Gasteiger partial charge in [0.25, 0.3) is 5.91 Å². The molecule has 106 valence electrons. The van der Waals surface area contributed by atoms with E-state index in [0.29, 0.717) is 4.47 Å². The van der Waals surface area contributed by atoms with Crippen LogP contribution < -0.4 is 5.32 Å². The van der Waals surface area contributed by atoms with Crippen molar-refractivity contribution in [3.05, 3.63) is 40.4 Å². The third kappa shape index (κ3) is 3.23. The maximum Gasteiger partial charge on any atom is 0.273 e. The second kappa shape index (κ2) is 6.15. The summed E-state index contributed by atoms with van der Waals surface area (Å²) in [5, 5.41) is 11.4. The molecule has 2 aromatic rings. The van der Waals surface area contributed by atoms with Crippen molar-refractivity contribution in [1.29, 1.82) is 0 Å². The van der Waals surface area contributed by atoms with Crippen LogP contribution in [0.1, 0.15) is 17.4 Å². The number of halogens is 2. The molecule has 1 heterocycles. The highest BCUT2D eigenvalue weighted by atomic mass is 79.9. The molecule has 1 unspecified atom stereocenters. The van der Waals surface area contributed by atoms with E-state index < -0.39 is 17.8 Å². The van der Waals surface area contributed by atoms with Crippen molar-refractivity contribution >= 4 is 21.8 Å². The number of aliphatic hydroxyl groups excluding tert-OH is 1. The summed E-state index contributed by atoms with van der Waals surface area (Å²) in [7, 11) is 0. The summed E-state index contributed by atoms with van der Waals surface area (Å²) in [5.74, 6) is -0.965. The van der Waals surface area contributed by atoms with Crippen molar-refractivity contribution in [3.8, 4) is 11.5 Å². The predicted molar refractivity (Wildman–Crippen MR) is 73.6 cm³/mol. The predicted octanol–water partition coefficient (Wildman–Crippen LogP) is 2.35. The van der Waals surface area contributed by atoms with Crippen molar-refractivity contribution < 1.29 is 18.7 Å². The lowest BCUT2D eigenvalue weighted by atomic mass is 10.2. The van der Waals surface area contributed by atoms with Gasteiger partial charge in [-0.05, 0) is 25.1 Å². The lowest BCUT2D eigenvalue weighted by Gasteiger charge is -2.08. The van der Waals surface area contributed by atoms with Gasteiger partial charge in [0.05, 0.1) is 12.2 Å². The van der Waals surface area contributed by atoms with Gasteiger partial charge < -0.3 is 14.8 Å². The third-order valence-electron chi connectivity index (χ3n) is 2.55. The Morgan fingerprint density at radius 2 is 2.35 bits per heavy atom. The molecule has 0 aliphatic rings. The van der Waals surface area contributed by atoms with E-state index in [-0.39, 0.29) is 23.8 Å². The number of rotatable bonds is 4. The van der Waals surface area contributed by atoms with E-state index in [2.05, 4.69) is 26.2 Å². The number of carbonyl (C=O) groups is 1. The summed E-state index contributed by atoms with van der Waals surface area (Å²) in [6.07, 6.45) is 1.15. The van der Waals surface area contributed by atoms with Gasteiger partial charge in [-0.25, -0.2) is 9.37 Å². The van der Waals surface area contributed by atoms with Gasteiger partial charge in [-0.15, -0.1) is 0 Å². The topological polar surface area (TPSA) is 75.4 Å². The second-order valence-electron chi connectivity index (χ2n) is 4.22. The fraction of sp³-hybridized carbons (Fsp3) is 0.231. The quantitative estimate of drug-likeness (QED) is 0.894. The molecule has 0 saturated heterocycles. The van der Waals surface area contributed by atoms with Crippen LogP contribution in [0.5, 0.6) is 0 Å². The first kappa shape index (κ1) is 14.7. The zero-order valence-electron chi connectivity index (χ0n) is 10.6. The monoisotopic (exact) mass is 342 g/mol. The Morgan fingerprint density at radius 1 is 1.60 bits per heavy atom. The van der Waals surface area contributed by atoms with Gasteiger partial charge in [0.15, 0.2) is 5.69 Å². The molecule has 2 N–H and O–H groups in total. The number of hydrogen-bond donors (Lipinski definition) is 2. The number of aliphatic hydroxyl groups is 1. The van der Waals surface area contributed by atoms with Gasteiger partial charge in [0.2, 0.25) is 5.89 Å². The molecule has 2 rings (SSSR count). The van der Waals surface area contributed by atoms with Crippen LogP contribution >= 0.6 is 15.9 Å². The van der Waals surface area contributed by atoms with Gasteiger partial charge in [-0.1, -0.05) is 15.9 Å².